The molecule has 0 aromatic heterocycles. The number of hydrogen-bond donors (Lipinski definition) is 0. The van der Waals surface area contributed by atoms with Crippen molar-refractivity contribution >= 4 is 5.90 Å². The largest absolute Gasteiger partial charge is 0.472 e. The molecule has 0 aliphatic carbocycles. The maximum atomic E-state index is 6.09. The molecule has 2 rings (SSSR count). The van der Waals surface area contributed by atoms with Crippen molar-refractivity contribution in [3.63, 3.8) is 0 Å². The van der Waals surface area contributed by atoms with E-state index in [1.165, 1.54) is 0 Å². The van der Waals surface area contributed by atoms with E-state index in [-0.39, 0.29) is 24.5 Å². The lowest BCUT2D eigenvalue weighted by molar-refractivity contribution is -0.231. The number of ether oxygens (including phenoxy) is 3. The highest BCUT2D eigenvalue weighted by Crippen LogP contribution is 2.42. The summed E-state index contributed by atoms with van der Waals surface area (Å²) >= 11 is 0. The van der Waals surface area contributed by atoms with Crippen molar-refractivity contribution in [2.75, 3.05) is 7.11 Å². The Hall–Kier alpha value is -0.610. The highest BCUT2D eigenvalue weighted by atomic mass is 16.7. The van der Waals surface area contributed by atoms with Gasteiger partial charge in [0.1, 0.15) is 0 Å². The number of methoxy groups -OCH3 is 1. The number of nitrogens with zero attached hydrogens (tertiary/aromatic N) is 1. The van der Waals surface area contributed by atoms with Crippen molar-refractivity contribution in [1.82, 2.24) is 0 Å². The monoisotopic (exact) mass is 269 g/mol. The van der Waals surface area contributed by atoms with Crippen LogP contribution in [0.1, 0.15) is 47.0 Å². The fourth-order valence-corrected chi connectivity index (χ4v) is 3.25. The highest BCUT2D eigenvalue weighted by molar-refractivity contribution is 5.81. The maximum Gasteiger partial charge on any atom is 0.195 e. The minimum atomic E-state index is -0.257. The summed E-state index contributed by atoms with van der Waals surface area (Å²) in [5.74, 6) is 1.83. The van der Waals surface area contributed by atoms with Gasteiger partial charge in [-0.25, -0.2) is 0 Å². The molecule has 2 aliphatic heterocycles. The van der Waals surface area contributed by atoms with Gasteiger partial charge in [0.05, 0.1) is 6.10 Å². The van der Waals surface area contributed by atoms with E-state index in [1.54, 1.807) is 7.11 Å². The third-order valence-electron chi connectivity index (χ3n) is 3.97. The lowest BCUT2D eigenvalue weighted by atomic mass is 9.81. The Morgan fingerprint density at radius 2 is 2.16 bits per heavy atom. The van der Waals surface area contributed by atoms with Crippen molar-refractivity contribution < 1.29 is 14.2 Å². The summed E-state index contributed by atoms with van der Waals surface area (Å²) in [6.07, 6.45) is 3.31. The third-order valence-corrected chi connectivity index (χ3v) is 3.97. The lowest BCUT2D eigenvalue weighted by Gasteiger charge is -2.36. The molecule has 0 N–H and O–H groups in total. The SMILES string of the molecule is CCCC1C(=NC(C)C)O[C@H]2[C@H](OC)O[C@H](C)C[C@H]12. The molecule has 0 aromatic rings. The second-order valence-electron chi connectivity index (χ2n) is 5.99. The van der Waals surface area contributed by atoms with Crippen molar-refractivity contribution in [2.24, 2.45) is 16.8 Å². The van der Waals surface area contributed by atoms with Gasteiger partial charge in [-0.3, -0.25) is 4.99 Å². The van der Waals surface area contributed by atoms with E-state index in [0.717, 1.165) is 25.2 Å². The van der Waals surface area contributed by atoms with Crippen LogP contribution in [0, 0.1) is 11.8 Å². The van der Waals surface area contributed by atoms with Crippen LogP contribution in [-0.2, 0) is 14.2 Å². The molecule has 19 heavy (non-hydrogen) atoms. The third kappa shape index (κ3) is 3.11. The molecule has 0 amide bonds. The van der Waals surface area contributed by atoms with Gasteiger partial charge in [-0.15, -0.1) is 0 Å². The highest BCUT2D eigenvalue weighted by Gasteiger charge is 2.50. The Morgan fingerprint density at radius 3 is 2.74 bits per heavy atom. The first-order valence-corrected chi connectivity index (χ1v) is 7.49. The smallest absolute Gasteiger partial charge is 0.195 e. The number of rotatable bonds is 4. The first kappa shape index (κ1) is 14.8. The molecule has 2 saturated heterocycles. The average molecular weight is 269 g/mol. The van der Waals surface area contributed by atoms with Gasteiger partial charge >= 0.3 is 0 Å². The number of aliphatic imine (C=N–C) groups is 1. The summed E-state index contributed by atoms with van der Waals surface area (Å²) in [6.45, 7) is 8.52. The summed E-state index contributed by atoms with van der Waals surface area (Å²) in [5.41, 5.74) is 0. The second kappa shape index (κ2) is 6.23. The predicted molar refractivity (Wildman–Crippen MR) is 75.3 cm³/mol. The van der Waals surface area contributed by atoms with Gasteiger partial charge in [-0.05, 0) is 33.6 Å². The molecule has 0 aromatic carbocycles. The van der Waals surface area contributed by atoms with Gasteiger partial charge in [0.15, 0.2) is 18.3 Å². The normalized spacial score (nSPS) is 40.5. The zero-order valence-electron chi connectivity index (χ0n) is 12.8. The second-order valence-corrected chi connectivity index (χ2v) is 5.99. The zero-order chi connectivity index (χ0) is 14.0. The van der Waals surface area contributed by atoms with E-state index in [4.69, 9.17) is 14.2 Å². The molecular formula is C15H27NO3. The van der Waals surface area contributed by atoms with Crippen LogP contribution in [0.25, 0.3) is 0 Å². The molecule has 2 aliphatic rings. The van der Waals surface area contributed by atoms with E-state index in [1.807, 2.05) is 0 Å². The summed E-state index contributed by atoms with van der Waals surface area (Å²) in [4.78, 5) is 4.68. The minimum absolute atomic E-state index is 0.00949. The molecule has 2 fully saturated rings. The zero-order valence-corrected chi connectivity index (χ0v) is 12.8. The summed E-state index contributed by atoms with van der Waals surface area (Å²) in [6, 6.07) is 0.272. The van der Waals surface area contributed by atoms with Crippen LogP contribution >= 0.6 is 0 Å². The van der Waals surface area contributed by atoms with E-state index >= 15 is 0 Å². The first-order chi connectivity index (χ1) is 9.06. The van der Waals surface area contributed by atoms with Crippen LogP contribution < -0.4 is 0 Å². The van der Waals surface area contributed by atoms with Crippen LogP contribution in [0.4, 0.5) is 0 Å². The van der Waals surface area contributed by atoms with Crippen LogP contribution in [-0.4, -0.2) is 37.5 Å². The van der Waals surface area contributed by atoms with Gasteiger partial charge in [0.25, 0.3) is 0 Å². The Bertz CT molecular complexity index is 329. The topological polar surface area (TPSA) is 40.0 Å². The van der Waals surface area contributed by atoms with E-state index in [0.29, 0.717) is 11.8 Å². The molecule has 4 nitrogen and oxygen atoms in total. The van der Waals surface area contributed by atoms with Gasteiger partial charge in [-0.1, -0.05) is 13.3 Å². The number of fused-ring (bicyclic) bond motifs is 1. The predicted octanol–water partition coefficient (Wildman–Crippen LogP) is 3.01. The molecule has 1 unspecified atom stereocenters. The van der Waals surface area contributed by atoms with Gasteiger partial charge in [0, 0.05) is 25.0 Å². The lowest BCUT2D eigenvalue weighted by Crippen LogP contribution is -2.44. The molecule has 0 saturated carbocycles. The standard InChI is InChI=1S/C15H27NO3/c1-6-7-11-12-8-10(4)18-15(17-5)13(12)19-14(11)16-9(2)3/h9-13,15H,6-8H2,1-5H3/t10-,11?,12-,13-,15-/m1/s1. The van der Waals surface area contributed by atoms with Gasteiger partial charge < -0.3 is 14.2 Å². The molecule has 5 atom stereocenters. The van der Waals surface area contributed by atoms with Crippen LogP contribution in [0.15, 0.2) is 4.99 Å². The minimum Gasteiger partial charge on any atom is -0.472 e. The Morgan fingerprint density at radius 1 is 1.42 bits per heavy atom. The van der Waals surface area contributed by atoms with Crippen molar-refractivity contribution in [2.45, 2.75) is 71.5 Å². The summed E-state index contributed by atoms with van der Waals surface area (Å²) < 4.78 is 17.4. The molecule has 4 heteroatoms. The molecule has 0 spiro atoms. The molecule has 110 valence electrons. The quantitative estimate of drug-likeness (QED) is 0.787. The van der Waals surface area contributed by atoms with Crippen molar-refractivity contribution in [1.29, 1.82) is 0 Å². The molecular weight excluding hydrogens is 242 g/mol. The molecule has 0 bridgehead atoms. The summed E-state index contributed by atoms with van der Waals surface area (Å²) in [7, 11) is 1.69. The van der Waals surface area contributed by atoms with Gasteiger partial charge in [-0.2, -0.15) is 0 Å². The molecule has 0 radical (unpaired) electrons. The summed E-state index contributed by atoms with van der Waals surface area (Å²) in [5, 5.41) is 0. The van der Waals surface area contributed by atoms with Crippen LogP contribution in [0.3, 0.4) is 0 Å². The first-order valence-electron chi connectivity index (χ1n) is 7.49. The number of hydrogen-bond acceptors (Lipinski definition) is 4. The van der Waals surface area contributed by atoms with Crippen molar-refractivity contribution in [3.8, 4) is 0 Å². The maximum absolute atomic E-state index is 6.09. The van der Waals surface area contributed by atoms with Crippen molar-refractivity contribution in [3.05, 3.63) is 0 Å². The fourth-order valence-electron chi connectivity index (χ4n) is 3.25. The Kier molecular flexibility index (Phi) is 4.85. The average Bonchev–Trinajstić information content (AvgIpc) is 2.67. The Balaban J connectivity index is 2.22. The molecule has 2 heterocycles. The fraction of sp³-hybridized carbons (Fsp3) is 0.933. The van der Waals surface area contributed by atoms with E-state index < -0.39 is 0 Å². The van der Waals surface area contributed by atoms with Crippen LogP contribution in [0.2, 0.25) is 0 Å². The van der Waals surface area contributed by atoms with E-state index in [2.05, 4.69) is 32.7 Å². The van der Waals surface area contributed by atoms with E-state index in [9.17, 15) is 0 Å². The van der Waals surface area contributed by atoms with Gasteiger partial charge in [0.2, 0.25) is 0 Å². The van der Waals surface area contributed by atoms with Crippen LogP contribution in [0.5, 0.6) is 0 Å². The Labute approximate surface area is 116 Å².